The van der Waals surface area contributed by atoms with Crippen LogP contribution in [-0.4, -0.2) is 29.2 Å². The summed E-state index contributed by atoms with van der Waals surface area (Å²) in [5.74, 6) is -1.56. The highest BCUT2D eigenvalue weighted by atomic mass is 16.5. The lowest BCUT2D eigenvalue weighted by molar-refractivity contribution is -0.138. The molecule has 1 aliphatic carbocycles. The topological polar surface area (TPSA) is 75.6 Å². The van der Waals surface area contributed by atoms with E-state index in [1.807, 2.05) is 6.92 Å². The van der Waals surface area contributed by atoms with Gasteiger partial charge in [0.1, 0.15) is 6.10 Å². The molecule has 126 valence electrons. The standard InChI is InChI=1S/C18H25NO4/c1-3-16(23-15-6-4-5-7-15)17(20)19-14-10-8-13(9-11-14)12(2)18(21)22/h8-12,15-16H,3-7H2,1-2H3,(H,19,20)(H,21,22). The van der Waals surface area contributed by atoms with Crippen molar-refractivity contribution in [3.63, 3.8) is 0 Å². The van der Waals surface area contributed by atoms with Crippen molar-refractivity contribution >= 4 is 17.6 Å². The number of hydrogen-bond acceptors (Lipinski definition) is 3. The maximum absolute atomic E-state index is 12.3. The first-order valence-corrected chi connectivity index (χ1v) is 8.30. The molecule has 2 N–H and O–H groups in total. The van der Waals surface area contributed by atoms with Crippen molar-refractivity contribution in [2.75, 3.05) is 5.32 Å². The molecule has 1 saturated carbocycles. The number of carboxylic acid groups (broad SMARTS) is 1. The number of rotatable bonds is 7. The molecule has 0 saturated heterocycles. The SMILES string of the molecule is CCC(OC1CCCC1)C(=O)Nc1ccc(C(C)C(=O)O)cc1. The molecule has 1 aromatic rings. The number of ether oxygens (including phenoxy) is 1. The van der Waals surface area contributed by atoms with Gasteiger partial charge in [0.2, 0.25) is 0 Å². The van der Waals surface area contributed by atoms with Gasteiger partial charge < -0.3 is 15.2 Å². The minimum atomic E-state index is -0.863. The fourth-order valence-electron chi connectivity index (χ4n) is 2.82. The Morgan fingerprint density at radius 1 is 1.26 bits per heavy atom. The van der Waals surface area contributed by atoms with Gasteiger partial charge in [-0.3, -0.25) is 9.59 Å². The van der Waals surface area contributed by atoms with E-state index in [0.29, 0.717) is 17.7 Å². The summed E-state index contributed by atoms with van der Waals surface area (Å²) in [5, 5.41) is 11.9. The Kier molecular flexibility index (Phi) is 6.16. The molecule has 0 spiro atoms. The molecule has 2 unspecified atom stereocenters. The summed E-state index contributed by atoms with van der Waals surface area (Å²) in [6, 6.07) is 6.92. The second kappa shape index (κ2) is 8.11. The van der Waals surface area contributed by atoms with Crippen LogP contribution in [0.3, 0.4) is 0 Å². The Morgan fingerprint density at radius 3 is 2.39 bits per heavy atom. The molecule has 5 heteroatoms. The van der Waals surface area contributed by atoms with Crippen LogP contribution in [0.25, 0.3) is 0 Å². The predicted molar refractivity (Wildman–Crippen MR) is 88.5 cm³/mol. The van der Waals surface area contributed by atoms with Gasteiger partial charge in [-0.1, -0.05) is 31.9 Å². The number of aliphatic carboxylic acids is 1. The molecule has 0 radical (unpaired) electrons. The average molecular weight is 319 g/mol. The van der Waals surface area contributed by atoms with E-state index in [9.17, 15) is 9.59 Å². The molecule has 23 heavy (non-hydrogen) atoms. The maximum atomic E-state index is 12.3. The van der Waals surface area contributed by atoms with Gasteiger partial charge in [-0.25, -0.2) is 0 Å². The van der Waals surface area contributed by atoms with E-state index in [-0.39, 0.29) is 12.0 Å². The van der Waals surface area contributed by atoms with E-state index < -0.39 is 18.0 Å². The number of nitrogens with one attached hydrogen (secondary N) is 1. The van der Waals surface area contributed by atoms with Crippen molar-refractivity contribution in [3.05, 3.63) is 29.8 Å². The number of anilines is 1. The Labute approximate surface area is 137 Å². The average Bonchev–Trinajstić information content (AvgIpc) is 3.05. The zero-order chi connectivity index (χ0) is 16.8. The van der Waals surface area contributed by atoms with Crippen LogP contribution in [0, 0.1) is 0 Å². The van der Waals surface area contributed by atoms with Crippen LogP contribution in [-0.2, 0) is 14.3 Å². The third-order valence-electron chi connectivity index (χ3n) is 4.37. The van der Waals surface area contributed by atoms with E-state index in [2.05, 4.69) is 5.32 Å². The van der Waals surface area contributed by atoms with Crippen molar-refractivity contribution in [2.24, 2.45) is 0 Å². The largest absolute Gasteiger partial charge is 0.481 e. The lowest BCUT2D eigenvalue weighted by Gasteiger charge is -2.20. The molecular weight excluding hydrogens is 294 g/mol. The van der Waals surface area contributed by atoms with Crippen molar-refractivity contribution < 1.29 is 19.4 Å². The molecule has 2 rings (SSSR count). The van der Waals surface area contributed by atoms with Gasteiger partial charge in [0.05, 0.1) is 12.0 Å². The van der Waals surface area contributed by atoms with E-state index in [1.54, 1.807) is 31.2 Å². The van der Waals surface area contributed by atoms with E-state index in [4.69, 9.17) is 9.84 Å². The van der Waals surface area contributed by atoms with E-state index >= 15 is 0 Å². The molecule has 1 fully saturated rings. The van der Waals surface area contributed by atoms with E-state index in [1.165, 1.54) is 12.8 Å². The van der Waals surface area contributed by atoms with Gasteiger partial charge >= 0.3 is 5.97 Å². The Balaban J connectivity index is 1.94. The Bertz CT molecular complexity index is 534. The highest BCUT2D eigenvalue weighted by Crippen LogP contribution is 2.24. The van der Waals surface area contributed by atoms with Crippen LogP contribution >= 0.6 is 0 Å². The summed E-state index contributed by atoms with van der Waals surface area (Å²) < 4.78 is 5.90. The lowest BCUT2D eigenvalue weighted by atomic mass is 10.0. The number of amides is 1. The first-order chi connectivity index (χ1) is 11.0. The summed E-state index contributed by atoms with van der Waals surface area (Å²) in [6.07, 6.45) is 4.81. The molecule has 0 heterocycles. The van der Waals surface area contributed by atoms with Crippen LogP contribution in [0.4, 0.5) is 5.69 Å². The van der Waals surface area contributed by atoms with Crippen molar-refractivity contribution in [3.8, 4) is 0 Å². The Hall–Kier alpha value is -1.88. The van der Waals surface area contributed by atoms with Gasteiger partial charge in [-0.15, -0.1) is 0 Å². The van der Waals surface area contributed by atoms with Crippen LogP contribution in [0.5, 0.6) is 0 Å². The summed E-state index contributed by atoms with van der Waals surface area (Å²) in [6.45, 7) is 3.58. The fraction of sp³-hybridized carbons (Fsp3) is 0.556. The molecule has 1 amide bonds. The van der Waals surface area contributed by atoms with Crippen LogP contribution < -0.4 is 5.32 Å². The second-order valence-electron chi connectivity index (χ2n) is 6.11. The van der Waals surface area contributed by atoms with Gasteiger partial charge in [0.25, 0.3) is 5.91 Å². The number of benzene rings is 1. The van der Waals surface area contributed by atoms with Gasteiger partial charge in [-0.2, -0.15) is 0 Å². The summed E-state index contributed by atoms with van der Waals surface area (Å²) >= 11 is 0. The number of carboxylic acids is 1. The van der Waals surface area contributed by atoms with Gasteiger partial charge in [0, 0.05) is 5.69 Å². The zero-order valence-electron chi connectivity index (χ0n) is 13.7. The normalized spacial score (nSPS) is 17.7. The lowest BCUT2D eigenvalue weighted by Crippen LogP contribution is -2.32. The first-order valence-electron chi connectivity index (χ1n) is 8.30. The molecule has 0 aliphatic heterocycles. The quantitative estimate of drug-likeness (QED) is 0.806. The molecule has 2 atom stereocenters. The number of carbonyl (C=O) groups is 2. The molecule has 1 aromatic carbocycles. The summed E-state index contributed by atoms with van der Waals surface area (Å²) in [7, 11) is 0. The highest BCUT2D eigenvalue weighted by Gasteiger charge is 2.24. The fourth-order valence-corrected chi connectivity index (χ4v) is 2.82. The van der Waals surface area contributed by atoms with Crippen molar-refractivity contribution in [1.82, 2.24) is 0 Å². The molecule has 5 nitrogen and oxygen atoms in total. The number of hydrogen-bond donors (Lipinski definition) is 2. The van der Waals surface area contributed by atoms with Crippen molar-refractivity contribution in [1.29, 1.82) is 0 Å². The predicted octanol–water partition coefficient (Wildman–Crippen LogP) is 3.55. The van der Waals surface area contributed by atoms with Crippen molar-refractivity contribution in [2.45, 2.75) is 64.1 Å². The first kappa shape index (κ1) is 17.5. The monoisotopic (exact) mass is 319 g/mol. The highest BCUT2D eigenvalue weighted by molar-refractivity contribution is 5.94. The minimum Gasteiger partial charge on any atom is -0.481 e. The van der Waals surface area contributed by atoms with Crippen LogP contribution in [0.2, 0.25) is 0 Å². The van der Waals surface area contributed by atoms with Gasteiger partial charge in [-0.05, 0) is 43.9 Å². The van der Waals surface area contributed by atoms with E-state index in [0.717, 1.165) is 12.8 Å². The van der Waals surface area contributed by atoms with Crippen LogP contribution in [0.15, 0.2) is 24.3 Å². The zero-order valence-corrected chi connectivity index (χ0v) is 13.7. The Morgan fingerprint density at radius 2 is 1.87 bits per heavy atom. The summed E-state index contributed by atoms with van der Waals surface area (Å²) in [5.41, 5.74) is 1.37. The smallest absolute Gasteiger partial charge is 0.310 e. The second-order valence-corrected chi connectivity index (χ2v) is 6.11. The third-order valence-corrected chi connectivity index (χ3v) is 4.37. The number of carbonyl (C=O) groups excluding carboxylic acids is 1. The van der Waals surface area contributed by atoms with Crippen LogP contribution in [0.1, 0.15) is 57.4 Å². The summed E-state index contributed by atoms with van der Waals surface area (Å²) in [4.78, 5) is 23.3. The molecule has 0 aromatic heterocycles. The maximum Gasteiger partial charge on any atom is 0.310 e. The molecule has 0 bridgehead atoms. The molecular formula is C18H25NO4. The minimum absolute atomic E-state index is 0.140. The third kappa shape index (κ3) is 4.79. The molecule has 1 aliphatic rings. The van der Waals surface area contributed by atoms with Gasteiger partial charge in [0.15, 0.2) is 0 Å².